The van der Waals surface area contributed by atoms with Crippen LogP contribution >= 0.6 is 15.9 Å². The first kappa shape index (κ1) is 13.0. The van der Waals surface area contributed by atoms with Gasteiger partial charge in [-0.05, 0) is 46.6 Å². The molecule has 2 aromatic carbocycles. The molecule has 3 heteroatoms. The van der Waals surface area contributed by atoms with E-state index in [1.54, 1.807) is 0 Å². The van der Waals surface area contributed by atoms with Crippen LogP contribution in [-0.4, -0.2) is 7.05 Å². The Balaban J connectivity index is 2.19. The van der Waals surface area contributed by atoms with Crippen LogP contribution in [0.5, 0.6) is 0 Å². The molecule has 0 atom stereocenters. The second kappa shape index (κ2) is 5.44. The third-order valence-corrected chi connectivity index (χ3v) is 3.52. The molecule has 0 saturated heterocycles. The molecule has 2 rings (SSSR count). The smallest absolute Gasteiger partial charge is 0.0512 e. The Morgan fingerprint density at radius 2 is 1.94 bits per heavy atom. The Hall–Kier alpha value is -1.48. The molecule has 0 unspecified atom stereocenters. The van der Waals surface area contributed by atoms with Gasteiger partial charge >= 0.3 is 0 Å². The second-order valence-corrected chi connectivity index (χ2v) is 5.41. The Kier molecular flexibility index (Phi) is 3.92. The maximum Gasteiger partial charge on any atom is 0.0512 e. The first-order valence-corrected chi connectivity index (χ1v) is 6.67. The molecule has 0 fully saturated rings. The quantitative estimate of drug-likeness (QED) is 0.869. The van der Waals surface area contributed by atoms with E-state index in [0.29, 0.717) is 0 Å². The molecule has 2 N–H and O–H groups in total. The number of anilines is 2. The van der Waals surface area contributed by atoms with Gasteiger partial charge in [-0.1, -0.05) is 29.8 Å². The first-order chi connectivity index (χ1) is 8.56. The number of halogens is 1. The SMILES string of the molecule is Cc1cccc(CN(C)c2ccc(N)cc2Br)c1. The molecule has 0 saturated carbocycles. The minimum Gasteiger partial charge on any atom is -0.399 e. The van der Waals surface area contributed by atoms with Crippen molar-refractivity contribution in [1.29, 1.82) is 0 Å². The van der Waals surface area contributed by atoms with E-state index in [-0.39, 0.29) is 0 Å². The lowest BCUT2D eigenvalue weighted by molar-refractivity contribution is 0.919. The Morgan fingerprint density at radius 3 is 2.61 bits per heavy atom. The predicted molar refractivity (Wildman–Crippen MR) is 81.8 cm³/mol. The van der Waals surface area contributed by atoms with Gasteiger partial charge in [0.05, 0.1) is 5.69 Å². The fraction of sp³-hybridized carbons (Fsp3) is 0.200. The van der Waals surface area contributed by atoms with Crippen LogP contribution in [-0.2, 0) is 6.54 Å². The minimum atomic E-state index is 0.773. The molecular formula is C15H17BrN2. The number of hydrogen-bond acceptors (Lipinski definition) is 2. The zero-order valence-corrected chi connectivity index (χ0v) is 12.2. The zero-order chi connectivity index (χ0) is 13.1. The first-order valence-electron chi connectivity index (χ1n) is 5.88. The Labute approximate surface area is 117 Å². The van der Waals surface area contributed by atoms with Crippen LogP contribution < -0.4 is 10.6 Å². The van der Waals surface area contributed by atoms with E-state index in [0.717, 1.165) is 22.4 Å². The summed E-state index contributed by atoms with van der Waals surface area (Å²) in [7, 11) is 2.08. The molecule has 2 aromatic rings. The fourth-order valence-electron chi connectivity index (χ4n) is 2.00. The van der Waals surface area contributed by atoms with E-state index in [1.807, 2.05) is 18.2 Å². The van der Waals surface area contributed by atoms with E-state index >= 15 is 0 Å². The summed E-state index contributed by atoms with van der Waals surface area (Å²) >= 11 is 3.55. The van der Waals surface area contributed by atoms with Crippen molar-refractivity contribution in [2.75, 3.05) is 17.7 Å². The van der Waals surface area contributed by atoms with Gasteiger partial charge in [0.25, 0.3) is 0 Å². The van der Waals surface area contributed by atoms with Gasteiger partial charge in [-0.2, -0.15) is 0 Å². The number of benzene rings is 2. The van der Waals surface area contributed by atoms with Crippen LogP contribution in [0.1, 0.15) is 11.1 Å². The summed E-state index contributed by atoms with van der Waals surface area (Å²) in [6, 6.07) is 14.5. The molecule has 0 aromatic heterocycles. The largest absolute Gasteiger partial charge is 0.399 e. The molecule has 18 heavy (non-hydrogen) atoms. The average Bonchev–Trinajstić information content (AvgIpc) is 2.28. The van der Waals surface area contributed by atoms with Gasteiger partial charge in [-0.15, -0.1) is 0 Å². The number of aryl methyl sites for hydroxylation is 1. The lowest BCUT2D eigenvalue weighted by Crippen LogP contribution is -2.16. The normalized spacial score (nSPS) is 10.4. The van der Waals surface area contributed by atoms with Crippen LogP contribution in [0.25, 0.3) is 0 Å². The molecule has 0 aliphatic rings. The van der Waals surface area contributed by atoms with Gasteiger partial charge in [-0.3, -0.25) is 0 Å². The van der Waals surface area contributed by atoms with E-state index in [1.165, 1.54) is 11.1 Å². The van der Waals surface area contributed by atoms with Crippen molar-refractivity contribution >= 4 is 27.3 Å². The summed E-state index contributed by atoms with van der Waals surface area (Å²) in [5.41, 5.74) is 10.3. The van der Waals surface area contributed by atoms with Gasteiger partial charge in [0, 0.05) is 23.8 Å². The third kappa shape index (κ3) is 3.05. The number of hydrogen-bond donors (Lipinski definition) is 1. The Bertz CT molecular complexity index is 552. The number of nitrogen functional groups attached to an aromatic ring is 1. The van der Waals surface area contributed by atoms with Crippen molar-refractivity contribution < 1.29 is 0 Å². The minimum absolute atomic E-state index is 0.773. The van der Waals surface area contributed by atoms with Crippen LogP contribution in [0, 0.1) is 6.92 Å². The predicted octanol–water partition coefficient (Wildman–Crippen LogP) is 3.98. The summed E-state index contributed by atoms with van der Waals surface area (Å²) < 4.78 is 1.03. The highest BCUT2D eigenvalue weighted by Gasteiger charge is 2.06. The highest BCUT2D eigenvalue weighted by atomic mass is 79.9. The average molecular weight is 305 g/mol. The topological polar surface area (TPSA) is 29.3 Å². The molecule has 0 bridgehead atoms. The molecule has 0 radical (unpaired) electrons. The van der Waals surface area contributed by atoms with E-state index in [9.17, 15) is 0 Å². The van der Waals surface area contributed by atoms with Crippen LogP contribution in [0.2, 0.25) is 0 Å². The standard InChI is InChI=1S/C15H17BrN2/c1-11-4-3-5-12(8-11)10-18(2)15-7-6-13(17)9-14(15)16/h3-9H,10,17H2,1-2H3. The summed E-state index contributed by atoms with van der Waals surface area (Å²) in [6.07, 6.45) is 0. The lowest BCUT2D eigenvalue weighted by atomic mass is 10.1. The summed E-state index contributed by atoms with van der Waals surface area (Å²) in [5.74, 6) is 0. The molecule has 0 spiro atoms. The maximum absolute atomic E-state index is 5.75. The van der Waals surface area contributed by atoms with E-state index in [2.05, 4.69) is 59.1 Å². The van der Waals surface area contributed by atoms with Crippen molar-refractivity contribution in [2.24, 2.45) is 0 Å². The van der Waals surface area contributed by atoms with Crippen molar-refractivity contribution in [1.82, 2.24) is 0 Å². The molecule has 0 heterocycles. The van der Waals surface area contributed by atoms with Crippen molar-refractivity contribution in [3.8, 4) is 0 Å². The lowest BCUT2D eigenvalue weighted by Gasteiger charge is -2.21. The van der Waals surface area contributed by atoms with Crippen molar-refractivity contribution in [2.45, 2.75) is 13.5 Å². The molecule has 94 valence electrons. The van der Waals surface area contributed by atoms with Crippen molar-refractivity contribution in [3.63, 3.8) is 0 Å². The van der Waals surface area contributed by atoms with Gasteiger partial charge in [-0.25, -0.2) is 0 Å². The van der Waals surface area contributed by atoms with Crippen molar-refractivity contribution in [3.05, 3.63) is 58.1 Å². The molecule has 0 amide bonds. The van der Waals surface area contributed by atoms with Crippen LogP contribution in [0.15, 0.2) is 46.9 Å². The number of nitrogens with zero attached hydrogens (tertiary/aromatic N) is 1. The molecule has 0 aliphatic heterocycles. The second-order valence-electron chi connectivity index (χ2n) is 4.56. The highest BCUT2D eigenvalue weighted by Crippen LogP contribution is 2.28. The maximum atomic E-state index is 5.75. The van der Waals surface area contributed by atoms with E-state index in [4.69, 9.17) is 5.73 Å². The molecule has 2 nitrogen and oxygen atoms in total. The third-order valence-electron chi connectivity index (χ3n) is 2.89. The van der Waals surface area contributed by atoms with Gasteiger partial charge in [0.1, 0.15) is 0 Å². The van der Waals surface area contributed by atoms with E-state index < -0.39 is 0 Å². The summed E-state index contributed by atoms with van der Waals surface area (Å²) in [6.45, 7) is 2.99. The monoisotopic (exact) mass is 304 g/mol. The number of nitrogens with two attached hydrogens (primary N) is 1. The zero-order valence-electron chi connectivity index (χ0n) is 10.7. The molecule has 0 aliphatic carbocycles. The van der Waals surface area contributed by atoms with Gasteiger partial charge in [0.2, 0.25) is 0 Å². The highest BCUT2D eigenvalue weighted by molar-refractivity contribution is 9.10. The van der Waals surface area contributed by atoms with Gasteiger partial charge < -0.3 is 10.6 Å². The Morgan fingerprint density at radius 1 is 1.17 bits per heavy atom. The molecular weight excluding hydrogens is 288 g/mol. The van der Waals surface area contributed by atoms with Crippen LogP contribution in [0.4, 0.5) is 11.4 Å². The summed E-state index contributed by atoms with van der Waals surface area (Å²) in [5, 5.41) is 0. The van der Waals surface area contributed by atoms with Gasteiger partial charge in [0.15, 0.2) is 0 Å². The van der Waals surface area contributed by atoms with Crippen LogP contribution in [0.3, 0.4) is 0 Å². The fourth-order valence-corrected chi connectivity index (χ4v) is 2.70. The summed E-state index contributed by atoms with van der Waals surface area (Å²) in [4.78, 5) is 2.21. The number of rotatable bonds is 3.